The van der Waals surface area contributed by atoms with E-state index in [1.807, 2.05) is 67.6 Å². The van der Waals surface area contributed by atoms with Gasteiger partial charge < -0.3 is 14.6 Å². The van der Waals surface area contributed by atoms with Crippen molar-refractivity contribution in [2.75, 3.05) is 6.61 Å². The number of fused-ring (bicyclic) bond motifs is 1. The first kappa shape index (κ1) is 26.2. The zero-order valence-corrected chi connectivity index (χ0v) is 22.6. The van der Waals surface area contributed by atoms with Crippen molar-refractivity contribution in [2.45, 2.75) is 45.7 Å². The molecule has 0 saturated heterocycles. The predicted molar refractivity (Wildman–Crippen MR) is 158 cm³/mol. The molecule has 0 aliphatic rings. The van der Waals surface area contributed by atoms with Crippen LogP contribution in [-0.4, -0.2) is 22.1 Å². The molecule has 39 heavy (non-hydrogen) atoms. The molecule has 1 aromatic heterocycles. The predicted octanol–water partition coefficient (Wildman–Crippen LogP) is 7.29. The van der Waals surface area contributed by atoms with Crippen LogP contribution in [0.4, 0.5) is 0 Å². The standard InChI is InChI=1S/C34H35N3O2/c1-25-14-20-30(21-15-25)39-23-9-8-22-37-32-13-7-6-12-31(32)36-34(37)26(2)35-33(38)24-27-16-18-29(19-17-27)28-10-4-3-5-11-28/h3-7,10-21,26H,8-9,22-24H2,1-2H3,(H,35,38). The summed E-state index contributed by atoms with van der Waals surface area (Å²) in [5.41, 5.74) is 6.56. The number of rotatable bonds is 11. The van der Waals surface area contributed by atoms with Crippen molar-refractivity contribution in [3.05, 3.63) is 120 Å². The van der Waals surface area contributed by atoms with Gasteiger partial charge in [-0.2, -0.15) is 0 Å². The third kappa shape index (κ3) is 6.74. The lowest BCUT2D eigenvalue weighted by Crippen LogP contribution is -2.30. The quantitative estimate of drug-likeness (QED) is 0.187. The second-order valence-corrected chi connectivity index (χ2v) is 10.0. The molecule has 0 aliphatic carbocycles. The fraction of sp³-hybridized carbons (Fsp3) is 0.235. The van der Waals surface area contributed by atoms with Crippen LogP contribution < -0.4 is 10.1 Å². The molecule has 5 nitrogen and oxygen atoms in total. The molecule has 1 amide bonds. The fourth-order valence-electron chi connectivity index (χ4n) is 4.84. The van der Waals surface area contributed by atoms with Gasteiger partial charge in [0, 0.05) is 6.54 Å². The van der Waals surface area contributed by atoms with Crippen LogP contribution in [0.5, 0.6) is 5.75 Å². The van der Waals surface area contributed by atoms with Gasteiger partial charge in [0.1, 0.15) is 11.6 Å². The molecule has 0 aliphatic heterocycles. The zero-order chi connectivity index (χ0) is 27.0. The molecule has 1 unspecified atom stereocenters. The molecule has 198 valence electrons. The minimum absolute atomic E-state index is 0.0138. The molecule has 0 radical (unpaired) electrons. The number of aryl methyl sites for hydroxylation is 2. The van der Waals surface area contributed by atoms with Gasteiger partial charge in [0.25, 0.3) is 0 Å². The normalized spacial score (nSPS) is 11.8. The summed E-state index contributed by atoms with van der Waals surface area (Å²) in [6.07, 6.45) is 2.21. The Balaban J connectivity index is 1.19. The molecule has 0 spiro atoms. The molecule has 1 atom stereocenters. The number of hydrogen-bond donors (Lipinski definition) is 1. The minimum atomic E-state index is -0.211. The summed E-state index contributed by atoms with van der Waals surface area (Å²) in [4.78, 5) is 17.9. The Hall–Kier alpha value is -4.38. The van der Waals surface area contributed by atoms with Crippen LogP contribution in [0.3, 0.4) is 0 Å². The average Bonchev–Trinajstić information content (AvgIpc) is 3.33. The Kier molecular flexibility index (Phi) is 8.37. The van der Waals surface area contributed by atoms with Crippen molar-refractivity contribution in [3.8, 4) is 16.9 Å². The Morgan fingerprint density at radius 3 is 2.31 bits per heavy atom. The van der Waals surface area contributed by atoms with E-state index in [1.165, 1.54) is 11.1 Å². The highest BCUT2D eigenvalue weighted by Gasteiger charge is 2.18. The topological polar surface area (TPSA) is 56.1 Å². The summed E-state index contributed by atoms with van der Waals surface area (Å²) in [5.74, 6) is 1.77. The summed E-state index contributed by atoms with van der Waals surface area (Å²) < 4.78 is 8.14. The number of carbonyl (C=O) groups excluding carboxylic acids is 1. The first-order valence-electron chi connectivity index (χ1n) is 13.7. The molecule has 0 fully saturated rings. The largest absolute Gasteiger partial charge is 0.494 e. The Bertz CT molecular complexity index is 1510. The van der Waals surface area contributed by atoms with Gasteiger partial charge in [-0.05, 0) is 67.6 Å². The van der Waals surface area contributed by atoms with Gasteiger partial charge >= 0.3 is 0 Å². The Morgan fingerprint density at radius 1 is 0.846 bits per heavy atom. The van der Waals surface area contributed by atoms with Gasteiger partial charge in [-0.25, -0.2) is 4.98 Å². The van der Waals surface area contributed by atoms with Crippen LogP contribution >= 0.6 is 0 Å². The van der Waals surface area contributed by atoms with Crippen molar-refractivity contribution >= 4 is 16.9 Å². The summed E-state index contributed by atoms with van der Waals surface area (Å²) in [7, 11) is 0. The number of hydrogen-bond acceptors (Lipinski definition) is 3. The number of carbonyl (C=O) groups is 1. The van der Waals surface area contributed by atoms with Crippen molar-refractivity contribution in [1.82, 2.24) is 14.9 Å². The van der Waals surface area contributed by atoms with E-state index >= 15 is 0 Å². The highest BCUT2D eigenvalue weighted by atomic mass is 16.5. The monoisotopic (exact) mass is 517 g/mol. The van der Waals surface area contributed by atoms with E-state index in [2.05, 4.69) is 59.3 Å². The van der Waals surface area contributed by atoms with Crippen LogP contribution in [0.1, 0.15) is 42.8 Å². The van der Waals surface area contributed by atoms with Crippen LogP contribution in [0.2, 0.25) is 0 Å². The van der Waals surface area contributed by atoms with E-state index in [1.54, 1.807) is 0 Å². The fourth-order valence-corrected chi connectivity index (χ4v) is 4.84. The molecular formula is C34H35N3O2. The maximum atomic E-state index is 13.0. The van der Waals surface area contributed by atoms with Gasteiger partial charge in [-0.1, -0.05) is 84.4 Å². The Labute approximate surface area is 230 Å². The van der Waals surface area contributed by atoms with Gasteiger partial charge in [0.2, 0.25) is 5.91 Å². The number of para-hydroxylation sites is 2. The maximum absolute atomic E-state index is 13.0. The number of unbranched alkanes of at least 4 members (excludes halogenated alkanes) is 1. The highest BCUT2D eigenvalue weighted by Crippen LogP contribution is 2.23. The van der Waals surface area contributed by atoms with Crippen LogP contribution in [0.15, 0.2) is 103 Å². The zero-order valence-electron chi connectivity index (χ0n) is 22.6. The van der Waals surface area contributed by atoms with Gasteiger partial charge in [0.15, 0.2) is 0 Å². The third-order valence-electron chi connectivity index (χ3n) is 6.94. The lowest BCUT2D eigenvalue weighted by atomic mass is 10.0. The molecule has 1 N–H and O–H groups in total. The number of nitrogens with one attached hydrogen (secondary N) is 1. The molecule has 5 rings (SSSR count). The number of amides is 1. The van der Waals surface area contributed by atoms with E-state index in [4.69, 9.17) is 9.72 Å². The van der Waals surface area contributed by atoms with E-state index in [-0.39, 0.29) is 11.9 Å². The summed E-state index contributed by atoms with van der Waals surface area (Å²) in [6.45, 7) is 5.56. The lowest BCUT2D eigenvalue weighted by Gasteiger charge is -2.17. The molecule has 5 heteroatoms. The van der Waals surface area contributed by atoms with Crippen molar-refractivity contribution in [2.24, 2.45) is 0 Å². The first-order chi connectivity index (χ1) is 19.1. The Morgan fingerprint density at radius 2 is 1.54 bits per heavy atom. The van der Waals surface area contributed by atoms with Gasteiger partial charge in [-0.15, -0.1) is 0 Å². The summed E-state index contributed by atoms with van der Waals surface area (Å²) in [5, 5.41) is 3.17. The summed E-state index contributed by atoms with van der Waals surface area (Å²) in [6, 6.07) is 34.6. The van der Waals surface area contributed by atoms with Crippen LogP contribution in [0.25, 0.3) is 22.2 Å². The molecule has 0 bridgehead atoms. The maximum Gasteiger partial charge on any atom is 0.224 e. The van der Waals surface area contributed by atoms with E-state index < -0.39 is 0 Å². The van der Waals surface area contributed by atoms with E-state index in [9.17, 15) is 4.79 Å². The van der Waals surface area contributed by atoms with Gasteiger partial charge in [0.05, 0.1) is 30.1 Å². The van der Waals surface area contributed by atoms with E-state index in [0.717, 1.165) is 53.1 Å². The smallest absolute Gasteiger partial charge is 0.224 e. The molecule has 4 aromatic carbocycles. The molecular weight excluding hydrogens is 482 g/mol. The molecule has 5 aromatic rings. The summed E-state index contributed by atoms with van der Waals surface area (Å²) >= 11 is 0. The number of aromatic nitrogens is 2. The van der Waals surface area contributed by atoms with E-state index in [0.29, 0.717) is 13.0 Å². The minimum Gasteiger partial charge on any atom is -0.494 e. The average molecular weight is 518 g/mol. The lowest BCUT2D eigenvalue weighted by molar-refractivity contribution is -0.121. The molecule has 0 saturated carbocycles. The number of nitrogens with zero attached hydrogens (tertiary/aromatic N) is 2. The first-order valence-corrected chi connectivity index (χ1v) is 13.7. The van der Waals surface area contributed by atoms with Crippen LogP contribution in [0, 0.1) is 6.92 Å². The number of ether oxygens (including phenoxy) is 1. The number of benzene rings is 4. The van der Waals surface area contributed by atoms with Crippen molar-refractivity contribution in [3.63, 3.8) is 0 Å². The SMILES string of the molecule is Cc1ccc(OCCCCn2c(C(C)NC(=O)Cc3ccc(-c4ccccc4)cc3)nc3ccccc32)cc1. The van der Waals surface area contributed by atoms with Crippen molar-refractivity contribution < 1.29 is 9.53 Å². The second-order valence-electron chi connectivity index (χ2n) is 10.0. The number of imidazole rings is 1. The molecule has 1 heterocycles. The van der Waals surface area contributed by atoms with Crippen LogP contribution in [-0.2, 0) is 17.8 Å². The third-order valence-corrected chi connectivity index (χ3v) is 6.94. The second kappa shape index (κ2) is 12.4. The highest BCUT2D eigenvalue weighted by molar-refractivity contribution is 5.80. The van der Waals surface area contributed by atoms with Gasteiger partial charge in [-0.3, -0.25) is 4.79 Å². The van der Waals surface area contributed by atoms with Crippen molar-refractivity contribution in [1.29, 1.82) is 0 Å².